The molecule has 0 aliphatic heterocycles. The minimum atomic E-state index is -4.50. The summed E-state index contributed by atoms with van der Waals surface area (Å²) in [6.45, 7) is 1.69. The Labute approximate surface area is 167 Å². The van der Waals surface area contributed by atoms with Crippen molar-refractivity contribution >= 4 is 35.1 Å². The molecule has 0 saturated carbocycles. The smallest absolute Gasteiger partial charge is 0.277 e. The molecule has 0 aliphatic carbocycles. The molecule has 28 heavy (non-hydrogen) atoms. The molecule has 0 fully saturated rings. The van der Waals surface area contributed by atoms with Crippen molar-refractivity contribution in [1.82, 2.24) is 9.78 Å². The van der Waals surface area contributed by atoms with Crippen LogP contribution >= 0.6 is 23.2 Å². The lowest BCUT2D eigenvalue weighted by molar-refractivity contribution is -0.137. The molecule has 3 rings (SSSR count). The van der Waals surface area contributed by atoms with E-state index in [0.717, 1.165) is 18.2 Å². The first-order valence-electron chi connectivity index (χ1n) is 7.83. The zero-order valence-electron chi connectivity index (χ0n) is 14.2. The lowest BCUT2D eigenvalue weighted by Crippen LogP contribution is -2.05. The maximum absolute atomic E-state index is 13.1. The van der Waals surface area contributed by atoms with Gasteiger partial charge in [-0.3, -0.25) is 5.43 Å². The maximum atomic E-state index is 13.1. The van der Waals surface area contributed by atoms with Crippen molar-refractivity contribution in [2.75, 3.05) is 5.43 Å². The minimum absolute atomic E-state index is 0.00700. The van der Waals surface area contributed by atoms with E-state index >= 15 is 0 Å². The van der Waals surface area contributed by atoms with Gasteiger partial charge in [0.15, 0.2) is 0 Å². The van der Waals surface area contributed by atoms with Crippen LogP contribution < -0.4 is 5.43 Å². The average Bonchev–Trinajstić information content (AvgIpc) is 2.91. The van der Waals surface area contributed by atoms with E-state index in [1.807, 2.05) is 0 Å². The van der Waals surface area contributed by atoms with Crippen LogP contribution in [0, 0.1) is 12.7 Å². The molecule has 0 unspecified atom stereocenters. The van der Waals surface area contributed by atoms with Crippen molar-refractivity contribution in [3.63, 3.8) is 0 Å². The number of hydrogen-bond acceptors (Lipinski definition) is 3. The van der Waals surface area contributed by atoms with Crippen molar-refractivity contribution in [1.29, 1.82) is 0 Å². The lowest BCUT2D eigenvalue weighted by atomic mass is 10.2. The highest BCUT2D eigenvalue weighted by molar-refractivity contribution is 6.33. The SMILES string of the molecule is Cc1nn(-c2ccc(F)cc2)c(Cl)c1/C=N/Nc1cc(C(F)(F)F)ccc1Cl. The first-order chi connectivity index (χ1) is 13.2. The van der Waals surface area contributed by atoms with Crippen LogP contribution in [-0.4, -0.2) is 16.0 Å². The molecule has 0 saturated heterocycles. The normalized spacial score (nSPS) is 12.0. The summed E-state index contributed by atoms with van der Waals surface area (Å²) in [4.78, 5) is 0. The number of hydrogen-bond donors (Lipinski definition) is 1. The molecule has 10 heteroatoms. The quantitative estimate of drug-likeness (QED) is 0.309. The summed E-state index contributed by atoms with van der Waals surface area (Å²) in [6, 6.07) is 8.43. The lowest BCUT2D eigenvalue weighted by Gasteiger charge is -2.09. The Morgan fingerprint density at radius 3 is 2.43 bits per heavy atom. The number of halogens is 6. The monoisotopic (exact) mass is 430 g/mol. The third-order valence-electron chi connectivity index (χ3n) is 3.79. The molecule has 0 amide bonds. The second-order valence-electron chi connectivity index (χ2n) is 5.74. The van der Waals surface area contributed by atoms with Gasteiger partial charge in [-0.2, -0.15) is 23.4 Å². The molecule has 0 spiro atoms. The zero-order valence-corrected chi connectivity index (χ0v) is 15.7. The first-order valence-corrected chi connectivity index (χ1v) is 8.59. The molecule has 146 valence electrons. The summed E-state index contributed by atoms with van der Waals surface area (Å²) in [5.74, 6) is -0.396. The maximum Gasteiger partial charge on any atom is 0.416 e. The third kappa shape index (κ3) is 4.28. The molecule has 0 radical (unpaired) electrons. The fourth-order valence-corrected chi connectivity index (χ4v) is 2.85. The summed E-state index contributed by atoms with van der Waals surface area (Å²) < 4.78 is 52.9. The van der Waals surface area contributed by atoms with Gasteiger partial charge in [-0.1, -0.05) is 23.2 Å². The molecule has 4 nitrogen and oxygen atoms in total. The number of alkyl halides is 3. The van der Waals surface area contributed by atoms with Crippen LogP contribution in [0.15, 0.2) is 47.6 Å². The van der Waals surface area contributed by atoms with Crippen LogP contribution in [-0.2, 0) is 6.18 Å². The van der Waals surface area contributed by atoms with E-state index in [1.165, 1.54) is 35.2 Å². The summed E-state index contributed by atoms with van der Waals surface area (Å²) in [5, 5.41) is 8.47. The van der Waals surface area contributed by atoms with E-state index in [4.69, 9.17) is 23.2 Å². The number of hydrazone groups is 1. The van der Waals surface area contributed by atoms with Gasteiger partial charge >= 0.3 is 6.18 Å². The van der Waals surface area contributed by atoms with Gasteiger partial charge < -0.3 is 0 Å². The molecule has 1 aromatic heterocycles. The van der Waals surface area contributed by atoms with Crippen LogP contribution in [0.5, 0.6) is 0 Å². The van der Waals surface area contributed by atoms with Crippen LogP contribution in [0.1, 0.15) is 16.8 Å². The van der Waals surface area contributed by atoms with Gasteiger partial charge in [-0.05, 0) is 49.4 Å². The van der Waals surface area contributed by atoms with Gasteiger partial charge in [0.05, 0.1) is 39.4 Å². The minimum Gasteiger partial charge on any atom is -0.277 e. The predicted octanol–water partition coefficient (Wildman–Crippen LogP) is 6.09. The van der Waals surface area contributed by atoms with Crippen LogP contribution in [0.25, 0.3) is 5.69 Å². The van der Waals surface area contributed by atoms with Gasteiger partial charge in [-0.25, -0.2) is 9.07 Å². The molecular weight excluding hydrogens is 419 g/mol. The first kappa shape index (κ1) is 20.2. The Morgan fingerprint density at radius 1 is 1.11 bits per heavy atom. The third-order valence-corrected chi connectivity index (χ3v) is 4.48. The fraction of sp³-hybridized carbons (Fsp3) is 0.111. The van der Waals surface area contributed by atoms with E-state index < -0.39 is 17.6 Å². The van der Waals surface area contributed by atoms with E-state index in [0.29, 0.717) is 16.9 Å². The van der Waals surface area contributed by atoms with Crippen molar-refractivity contribution in [2.24, 2.45) is 5.10 Å². The van der Waals surface area contributed by atoms with Crippen molar-refractivity contribution in [3.05, 3.63) is 75.3 Å². The number of nitrogens with one attached hydrogen (secondary N) is 1. The largest absolute Gasteiger partial charge is 0.416 e. The summed E-state index contributed by atoms with van der Waals surface area (Å²) in [5.41, 5.74) is 3.13. The van der Waals surface area contributed by atoms with E-state index in [-0.39, 0.29) is 15.9 Å². The highest BCUT2D eigenvalue weighted by Crippen LogP contribution is 2.33. The number of rotatable bonds is 4. The van der Waals surface area contributed by atoms with E-state index in [9.17, 15) is 17.6 Å². The van der Waals surface area contributed by atoms with Gasteiger partial charge in [0.25, 0.3) is 0 Å². The van der Waals surface area contributed by atoms with E-state index in [2.05, 4.69) is 15.6 Å². The second-order valence-corrected chi connectivity index (χ2v) is 6.51. The summed E-state index contributed by atoms with van der Waals surface area (Å²) >= 11 is 12.2. The Balaban J connectivity index is 1.85. The Morgan fingerprint density at radius 2 is 1.79 bits per heavy atom. The highest BCUT2D eigenvalue weighted by atomic mass is 35.5. The van der Waals surface area contributed by atoms with Gasteiger partial charge in [0, 0.05) is 0 Å². The molecule has 0 bridgehead atoms. The summed E-state index contributed by atoms with van der Waals surface area (Å²) in [6.07, 6.45) is -3.18. The molecule has 0 atom stereocenters. The van der Waals surface area contributed by atoms with Crippen molar-refractivity contribution < 1.29 is 17.6 Å². The molecular formula is C18H12Cl2F4N4. The number of aromatic nitrogens is 2. The molecule has 2 aromatic carbocycles. The molecule has 1 N–H and O–H groups in total. The van der Waals surface area contributed by atoms with Crippen molar-refractivity contribution in [2.45, 2.75) is 13.1 Å². The predicted molar refractivity (Wildman–Crippen MR) is 101 cm³/mol. The standard InChI is InChI=1S/C18H12Cl2F4N4/c1-10-14(17(20)28(27-10)13-5-3-12(21)4-6-13)9-25-26-16-8-11(18(22,23)24)2-7-15(16)19/h2-9,26H,1H3/b25-9+. The number of benzene rings is 2. The Kier molecular flexibility index (Phi) is 5.62. The second kappa shape index (κ2) is 7.81. The van der Waals surface area contributed by atoms with Crippen LogP contribution in [0.3, 0.4) is 0 Å². The van der Waals surface area contributed by atoms with Crippen LogP contribution in [0.4, 0.5) is 23.2 Å². The van der Waals surface area contributed by atoms with E-state index in [1.54, 1.807) is 6.92 Å². The number of anilines is 1. The van der Waals surface area contributed by atoms with Crippen LogP contribution in [0.2, 0.25) is 10.2 Å². The highest BCUT2D eigenvalue weighted by Gasteiger charge is 2.30. The Hall–Kier alpha value is -2.58. The summed E-state index contributed by atoms with van der Waals surface area (Å²) in [7, 11) is 0. The van der Waals surface area contributed by atoms with Gasteiger partial charge in [0.1, 0.15) is 11.0 Å². The Bertz CT molecular complexity index is 1030. The van der Waals surface area contributed by atoms with Gasteiger partial charge in [0.2, 0.25) is 0 Å². The van der Waals surface area contributed by atoms with Gasteiger partial charge in [-0.15, -0.1) is 0 Å². The number of aryl methyl sites for hydroxylation is 1. The molecule has 1 heterocycles. The topological polar surface area (TPSA) is 42.2 Å². The fourth-order valence-electron chi connectivity index (χ4n) is 2.36. The van der Waals surface area contributed by atoms with Crippen molar-refractivity contribution in [3.8, 4) is 5.69 Å². The molecule has 3 aromatic rings. The average molecular weight is 431 g/mol. The molecule has 0 aliphatic rings. The number of nitrogens with zero attached hydrogens (tertiary/aromatic N) is 3. The zero-order chi connectivity index (χ0) is 20.5.